The number of ether oxygens (including phenoxy) is 1. The molecule has 2 aromatic carbocycles. The second-order valence-corrected chi connectivity index (χ2v) is 8.58. The number of hydrogen-bond donors (Lipinski definition) is 2. The molecule has 0 spiro atoms. The summed E-state index contributed by atoms with van der Waals surface area (Å²) in [5.74, 6) is -0.250. The summed E-state index contributed by atoms with van der Waals surface area (Å²) >= 11 is 0. The van der Waals surface area contributed by atoms with Crippen LogP contribution < -0.4 is 0 Å². The monoisotopic (exact) mass is 466 g/mol. The van der Waals surface area contributed by atoms with E-state index in [0.29, 0.717) is 6.42 Å². The number of carbonyl (C=O) groups excluding carboxylic acids is 2. The Hall–Kier alpha value is -2.76. The van der Waals surface area contributed by atoms with Gasteiger partial charge in [0.15, 0.2) is 5.78 Å². The third kappa shape index (κ3) is 11.4. The molecule has 0 aliphatic rings. The molecule has 0 saturated carbocycles. The van der Waals surface area contributed by atoms with Crippen LogP contribution in [-0.2, 0) is 16.0 Å². The van der Waals surface area contributed by atoms with Gasteiger partial charge in [-0.25, -0.2) is 0 Å². The van der Waals surface area contributed by atoms with Gasteiger partial charge in [-0.2, -0.15) is 0 Å². The van der Waals surface area contributed by atoms with E-state index in [1.165, 1.54) is 5.56 Å². The fourth-order valence-corrected chi connectivity index (χ4v) is 3.61. The van der Waals surface area contributed by atoms with Crippen LogP contribution in [0.25, 0.3) is 0 Å². The molecule has 0 bridgehead atoms. The van der Waals surface area contributed by atoms with Crippen molar-refractivity contribution in [3.63, 3.8) is 0 Å². The number of aliphatic hydroxyl groups is 2. The molecule has 2 N–H and O–H groups in total. The zero-order valence-electron chi connectivity index (χ0n) is 20.0. The van der Waals surface area contributed by atoms with Crippen LogP contribution in [0.4, 0.5) is 0 Å². The molecular formula is C29H38O5. The number of aryl methyl sites for hydroxylation is 1. The molecule has 2 aromatic rings. The average molecular weight is 467 g/mol. The molecule has 0 saturated heterocycles. The Kier molecular flexibility index (Phi) is 13.6. The maximum absolute atomic E-state index is 12.5. The van der Waals surface area contributed by atoms with Crippen molar-refractivity contribution >= 4 is 11.8 Å². The van der Waals surface area contributed by atoms with E-state index in [0.717, 1.165) is 68.9 Å². The molecule has 0 radical (unpaired) electrons. The van der Waals surface area contributed by atoms with Crippen molar-refractivity contribution in [1.82, 2.24) is 0 Å². The van der Waals surface area contributed by atoms with E-state index >= 15 is 0 Å². The van der Waals surface area contributed by atoms with Crippen LogP contribution in [0, 0.1) is 0 Å². The fourth-order valence-electron chi connectivity index (χ4n) is 3.61. The summed E-state index contributed by atoms with van der Waals surface area (Å²) in [4.78, 5) is 23.9. The zero-order valence-corrected chi connectivity index (χ0v) is 20.0. The summed E-state index contributed by atoms with van der Waals surface area (Å²) in [6, 6.07) is 17.3. The highest BCUT2D eigenvalue weighted by Gasteiger charge is 2.08. The lowest BCUT2D eigenvalue weighted by molar-refractivity contribution is -0.147. The zero-order chi connectivity index (χ0) is 24.4. The van der Waals surface area contributed by atoms with E-state index < -0.39 is 12.7 Å². The number of aliphatic hydroxyl groups excluding tert-OH is 2. The Morgan fingerprint density at radius 3 is 2.12 bits per heavy atom. The lowest BCUT2D eigenvalue weighted by Crippen LogP contribution is -2.21. The molecular weight excluding hydrogens is 428 g/mol. The van der Waals surface area contributed by atoms with Crippen LogP contribution in [0.3, 0.4) is 0 Å². The normalized spacial score (nSPS) is 12.1. The van der Waals surface area contributed by atoms with Crippen molar-refractivity contribution in [2.75, 3.05) is 13.2 Å². The lowest BCUT2D eigenvalue weighted by Gasteiger charge is -2.08. The van der Waals surface area contributed by atoms with E-state index in [9.17, 15) is 9.59 Å². The Bertz CT molecular complexity index is 858. The minimum atomic E-state index is -0.985. The molecule has 0 aliphatic heterocycles. The Balaban J connectivity index is 1.47. The summed E-state index contributed by atoms with van der Waals surface area (Å²) in [7, 11) is 0. The molecule has 2 rings (SSSR count). The van der Waals surface area contributed by atoms with Crippen LogP contribution in [0.15, 0.2) is 66.7 Å². The van der Waals surface area contributed by atoms with Crippen molar-refractivity contribution in [2.45, 2.75) is 70.3 Å². The van der Waals surface area contributed by atoms with Gasteiger partial charge in [0.1, 0.15) is 12.7 Å². The molecule has 5 heteroatoms. The van der Waals surface area contributed by atoms with Gasteiger partial charge in [0.25, 0.3) is 0 Å². The predicted molar refractivity (Wildman–Crippen MR) is 135 cm³/mol. The van der Waals surface area contributed by atoms with Gasteiger partial charge in [0, 0.05) is 17.5 Å². The van der Waals surface area contributed by atoms with Crippen molar-refractivity contribution in [1.29, 1.82) is 0 Å². The van der Waals surface area contributed by atoms with E-state index in [2.05, 4.69) is 24.3 Å². The molecule has 0 aromatic heterocycles. The van der Waals surface area contributed by atoms with Crippen LogP contribution >= 0.6 is 0 Å². The maximum atomic E-state index is 12.5. The first kappa shape index (κ1) is 27.5. The maximum Gasteiger partial charge on any atom is 0.305 e. The van der Waals surface area contributed by atoms with Crippen molar-refractivity contribution in [2.24, 2.45) is 0 Å². The minimum absolute atomic E-state index is 0.0626. The fraction of sp³-hybridized carbons (Fsp3) is 0.448. The first-order valence-electron chi connectivity index (χ1n) is 12.4. The number of ketones is 1. The van der Waals surface area contributed by atoms with Gasteiger partial charge in [0.05, 0.1) is 6.61 Å². The number of rotatable bonds is 17. The lowest BCUT2D eigenvalue weighted by atomic mass is 10.0. The van der Waals surface area contributed by atoms with Crippen molar-refractivity contribution in [3.8, 4) is 0 Å². The van der Waals surface area contributed by atoms with Crippen LogP contribution in [0.2, 0.25) is 0 Å². The number of unbranched alkanes of at least 4 members (excludes halogenated alkanes) is 6. The summed E-state index contributed by atoms with van der Waals surface area (Å²) in [5, 5.41) is 17.8. The Morgan fingerprint density at radius 1 is 0.794 bits per heavy atom. The number of allylic oxidation sites excluding steroid dienone is 2. The SMILES string of the molecule is O=C(CCCCCCC/C=C\CCCc1ccc(C(=O)c2ccccc2)cc1)OC[C@@H](O)CO. The second kappa shape index (κ2) is 16.8. The summed E-state index contributed by atoms with van der Waals surface area (Å²) < 4.78 is 4.87. The third-order valence-electron chi connectivity index (χ3n) is 5.65. The molecule has 34 heavy (non-hydrogen) atoms. The summed E-state index contributed by atoms with van der Waals surface area (Å²) in [6.07, 6.45) is 13.3. The summed E-state index contributed by atoms with van der Waals surface area (Å²) in [6.45, 7) is -0.530. The first-order chi connectivity index (χ1) is 16.6. The van der Waals surface area contributed by atoms with E-state index in [-0.39, 0.29) is 18.4 Å². The van der Waals surface area contributed by atoms with Gasteiger partial charge in [-0.3, -0.25) is 9.59 Å². The first-order valence-corrected chi connectivity index (χ1v) is 12.4. The van der Waals surface area contributed by atoms with Crippen molar-refractivity contribution < 1.29 is 24.5 Å². The molecule has 0 heterocycles. The Morgan fingerprint density at radius 2 is 1.41 bits per heavy atom. The highest BCUT2D eigenvalue weighted by atomic mass is 16.5. The molecule has 0 unspecified atom stereocenters. The number of esters is 1. The largest absolute Gasteiger partial charge is 0.463 e. The minimum Gasteiger partial charge on any atom is -0.463 e. The van der Waals surface area contributed by atoms with Crippen LogP contribution in [0.5, 0.6) is 0 Å². The van der Waals surface area contributed by atoms with E-state index in [1.807, 2.05) is 42.5 Å². The van der Waals surface area contributed by atoms with Gasteiger partial charge in [-0.05, 0) is 44.1 Å². The smallest absolute Gasteiger partial charge is 0.305 e. The Labute approximate surface area is 203 Å². The highest BCUT2D eigenvalue weighted by molar-refractivity contribution is 6.08. The number of carbonyl (C=O) groups is 2. The van der Waals surface area contributed by atoms with Gasteiger partial charge >= 0.3 is 5.97 Å². The third-order valence-corrected chi connectivity index (χ3v) is 5.65. The van der Waals surface area contributed by atoms with E-state index in [1.54, 1.807) is 0 Å². The molecule has 1 atom stereocenters. The summed E-state index contributed by atoms with van der Waals surface area (Å²) in [5.41, 5.74) is 2.70. The molecule has 5 nitrogen and oxygen atoms in total. The number of benzene rings is 2. The van der Waals surface area contributed by atoms with Gasteiger partial charge < -0.3 is 14.9 Å². The predicted octanol–water partition coefficient (Wildman–Crippen LogP) is 5.42. The van der Waals surface area contributed by atoms with Crippen molar-refractivity contribution in [3.05, 3.63) is 83.4 Å². The standard InChI is InChI=1S/C29H38O5/c30-22-27(31)23-34-28(32)17-13-8-6-4-2-1-3-5-7-10-14-24-18-20-26(21-19-24)29(33)25-15-11-9-12-16-25/h3,5,9,11-12,15-16,18-21,27,30-31H,1-2,4,6-8,10,13-14,17,22-23H2/b5-3-/t27-/m0/s1. The highest BCUT2D eigenvalue weighted by Crippen LogP contribution is 2.13. The van der Waals surface area contributed by atoms with E-state index in [4.69, 9.17) is 14.9 Å². The van der Waals surface area contributed by atoms with Gasteiger partial charge in [-0.1, -0.05) is 86.0 Å². The molecule has 0 aliphatic carbocycles. The second-order valence-electron chi connectivity index (χ2n) is 8.58. The molecule has 184 valence electrons. The molecule has 0 amide bonds. The molecule has 0 fully saturated rings. The topological polar surface area (TPSA) is 83.8 Å². The van der Waals surface area contributed by atoms with Gasteiger partial charge in [-0.15, -0.1) is 0 Å². The number of hydrogen-bond acceptors (Lipinski definition) is 5. The van der Waals surface area contributed by atoms with Crippen LogP contribution in [0.1, 0.15) is 79.3 Å². The van der Waals surface area contributed by atoms with Gasteiger partial charge in [0.2, 0.25) is 0 Å². The average Bonchev–Trinajstić information content (AvgIpc) is 2.88. The quantitative estimate of drug-likeness (QED) is 0.141. The van der Waals surface area contributed by atoms with Crippen LogP contribution in [-0.4, -0.2) is 41.3 Å².